The highest BCUT2D eigenvalue weighted by Gasteiger charge is 2.34. The van der Waals surface area contributed by atoms with E-state index in [1.165, 1.54) is 6.07 Å². The number of hydrogen-bond acceptors (Lipinski definition) is 2. The third-order valence-electron chi connectivity index (χ3n) is 3.85. The molecule has 1 aliphatic heterocycles. The van der Waals surface area contributed by atoms with Crippen LogP contribution >= 0.6 is 11.6 Å². The Morgan fingerprint density at radius 2 is 2.05 bits per heavy atom. The summed E-state index contributed by atoms with van der Waals surface area (Å²) < 4.78 is 38.9. The summed E-state index contributed by atoms with van der Waals surface area (Å²) in [6, 6.07) is 4.44. The van der Waals surface area contributed by atoms with Gasteiger partial charge in [-0.05, 0) is 37.1 Å². The zero-order valence-electron chi connectivity index (χ0n) is 12.2. The molecular formula is C15H20ClF3N2. The molecule has 21 heavy (non-hydrogen) atoms. The first-order valence-corrected chi connectivity index (χ1v) is 7.52. The van der Waals surface area contributed by atoms with Gasteiger partial charge >= 0.3 is 6.18 Å². The van der Waals surface area contributed by atoms with Crippen molar-refractivity contribution >= 4 is 17.3 Å². The zero-order valence-corrected chi connectivity index (χ0v) is 12.9. The van der Waals surface area contributed by atoms with Crippen molar-refractivity contribution in [1.82, 2.24) is 5.32 Å². The zero-order chi connectivity index (χ0) is 15.6. The lowest BCUT2D eigenvalue weighted by Crippen LogP contribution is -2.41. The molecule has 118 valence electrons. The first kappa shape index (κ1) is 16.4. The minimum Gasteiger partial charge on any atom is -0.370 e. The van der Waals surface area contributed by atoms with Crippen molar-refractivity contribution in [2.24, 2.45) is 5.92 Å². The fraction of sp³-hybridized carbons (Fsp3) is 0.600. The lowest BCUT2D eigenvalue weighted by atomic mass is 10.0. The van der Waals surface area contributed by atoms with Crippen LogP contribution in [0.25, 0.3) is 0 Å². The maximum atomic E-state index is 13.0. The lowest BCUT2D eigenvalue weighted by Gasteiger charge is -2.29. The van der Waals surface area contributed by atoms with Gasteiger partial charge in [-0.25, -0.2) is 0 Å². The SMILES string of the molecule is CC(C)C1CN(c2ccc(Cl)c(C(F)(F)F)c2)CCCN1. The number of benzene rings is 1. The Morgan fingerprint density at radius 1 is 1.33 bits per heavy atom. The molecule has 2 nitrogen and oxygen atoms in total. The summed E-state index contributed by atoms with van der Waals surface area (Å²) in [6.45, 7) is 6.57. The molecule has 1 aromatic rings. The molecule has 1 N–H and O–H groups in total. The fourth-order valence-corrected chi connectivity index (χ4v) is 2.78. The van der Waals surface area contributed by atoms with Crippen LogP contribution in [0.15, 0.2) is 18.2 Å². The molecular weight excluding hydrogens is 301 g/mol. The molecule has 2 rings (SSSR count). The van der Waals surface area contributed by atoms with E-state index in [1.807, 2.05) is 4.90 Å². The van der Waals surface area contributed by atoms with E-state index >= 15 is 0 Å². The molecule has 6 heteroatoms. The summed E-state index contributed by atoms with van der Waals surface area (Å²) in [5.74, 6) is 0.431. The number of rotatable bonds is 2. The maximum Gasteiger partial charge on any atom is 0.417 e. The van der Waals surface area contributed by atoms with Gasteiger partial charge in [0, 0.05) is 24.8 Å². The van der Waals surface area contributed by atoms with E-state index < -0.39 is 11.7 Å². The van der Waals surface area contributed by atoms with E-state index in [4.69, 9.17) is 11.6 Å². The number of nitrogens with one attached hydrogen (secondary N) is 1. The summed E-state index contributed by atoms with van der Waals surface area (Å²) in [5.41, 5.74) is -0.180. The van der Waals surface area contributed by atoms with Crippen molar-refractivity contribution in [2.75, 3.05) is 24.5 Å². The Balaban J connectivity index is 2.28. The highest BCUT2D eigenvalue weighted by Crippen LogP contribution is 2.37. The summed E-state index contributed by atoms with van der Waals surface area (Å²) in [5, 5.41) is 3.20. The Hall–Kier alpha value is -0.940. The molecule has 0 saturated carbocycles. The van der Waals surface area contributed by atoms with Crippen LogP contribution in [0.2, 0.25) is 5.02 Å². The monoisotopic (exact) mass is 320 g/mol. The van der Waals surface area contributed by atoms with Gasteiger partial charge in [-0.1, -0.05) is 25.4 Å². The fourth-order valence-electron chi connectivity index (χ4n) is 2.56. The third kappa shape index (κ3) is 4.04. The molecule has 1 heterocycles. The highest BCUT2D eigenvalue weighted by atomic mass is 35.5. The van der Waals surface area contributed by atoms with Gasteiger partial charge in [0.05, 0.1) is 10.6 Å². The molecule has 0 spiro atoms. The predicted molar refractivity (Wildman–Crippen MR) is 79.9 cm³/mol. The van der Waals surface area contributed by atoms with Gasteiger partial charge in [-0.3, -0.25) is 0 Å². The molecule has 0 amide bonds. The number of alkyl halides is 3. The first-order valence-electron chi connectivity index (χ1n) is 7.14. The topological polar surface area (TPSA) is 15.3 Å². The molecule has 1 saturated heterocycles. The van der Waals surface area contributed by atoms with Crippen molar-refractivity contribution in [2.45, 2.75) is 32.5 Å². The normalized spacial score (nSPS) is 20.7. The van der Waals surface area contributed by atoms with Gasteiger partial charge in [0.15, 0.2) is 0 Å². The Morgan fingerprint density at radius 3 is 2.67 bits per heavy atom. The molecule has 0 aromatic heterocycles. The number of anilines is 1. The minimum absolute atomic E-state index is 0.250. The molecule has 1 aromatic carbocycles. The number of hydrogen-bond donors (Lipinski definition) is 1. The van der Waals surface area contributed by atoms with E-state index in [1.54, 1.807) is 6.07 Å². The van der Waals surface area contributed by atoms with Crippen LogP contribution in [0.3, 0.4) is 0 Å². The van der Waals surface area contributed by atoms with Crippen molar-refractivity contribution in [3.63, 3.8) is 0 Å². The second kappa shape index (κ2) is 6.44. The summed E-state index contributed by atoms with van der Waals surface area (Å²) in [6.07, 6.45) is -3.51. The smallest absolute Gasteiger partial charge is 0.370 e. The summed E-state index contributed by atoms with van der Waals surface area (Å²) in [4.78, 5) is 2.01. The van der Waals surface area contributed by atoms with Crippen molar-refractivity contribution in [3.8, 4) is 0 Å². The van der Waals surface area contributed by atoms with Crippen LogP contribution in [0.1, 0.15) is 25.8 Å². The van der Waals surface area contributed by atoms with Gasteiger partial charge in [-0.15, -0.1) is 0 Å². The van der Waals surface area contributed by atoms with Crippen LogP contribution in [-0.4, -0.2) is 25.7 Å². The number of nitrogens with zero attached hydrogens (tertiary/aromatic N) is 1. The third-order valence-corrected chi connectivity index (χ3v) is 4.18. The van der Waals surface area contributed by atoms with E-state index in [-0.39, 0.29) is 11.1 Å². The van der Waals surface area contributed by atoms with E-state index in [2.05, 4.69) is 19.2 Å². The van der Waals surface area contributed by atoms with Crippen LogP contribution in [0.4, 0.5) is 18.9 Å². The van der Waals surface area contributed by atoms with Gasteiger partial charge < -0.3 is 10.2 Å². The Kier molecular flexibility index (Phi) is 5.04. The second-order valence-electron chi connectivity index (χ2n) is 5.77. The lowest BCUT2D eigenvalue weighted by molar-refractivity contribution is -0.137. The average Bonchev–Trinajstić information content (AvgIpc) is 2.63. The van der Waals surface area contributed by atoms with Crippen LogP contribution in [-0.2, 0) is 6.18 Å². The molecule has 1 fully saturated rings. The standard InChI is InChI=1S/C15H20ClF3N2/c1-10(2)14-9-21(7-3-6-20-14)11-4-5-13(16)12(8-11)15(17,18)19/h4-5,8,10,14,20H,3,6-7,9H2,1-2H3. The second-order valence-corrected chi connectivity index (χ2v) is 6.17. The van der Waals surface area contributed by atoms with Gasteiger partial charge in [0.25, 0.3) is 0 Å². The van der Waals surface area contributed by atoms with Crippen molar-refractivity contribution in [1.29, 1.82) is 0 Å². The van der Waals surface area contributed by atoms with Crippen molar-refractivity contribution in [3.05, 3.63) is 28.8 Å². The van der Waals surface area contributed by atoms with E-state index in [9.17, 15) is 13.2 Å². The maximum absolute atomic E-state index is 13.0. The molecule has 1 unspecified atom stereocenters. The minimum atomic E-state index is -4.42. The molecule has 1 aliphatic rings. The van der Waals surface area contributed by atoms with Gasteiger partial charge in [0.2, 0.25) is 0 Å². The van der Waals surface area contributed by atoms with Crippen LogP contribution in [0, 0.1) is 5.92 Å². The summed E-state index contributed by atoms with van der Waals surface area (Å²) >= 11 is 5.68. The molecule has 0 aliphatic carbocycles. The average molecular weight is 321 g/mol. The predicted octanol–water partition coefficient (Wildman–Crippen LogP) is 4.18. The van der Waals surface area contributed by atoms with Gasteiger partial charge in [-0.2, -0.15) is 13.2 Å². The van der Waals surface area contributed by atoms with Crippen LogP contribution < -0.4 is 10.2 Å². The Bertz CT molecular complexity index is 488. The van der Waals surface area contributed by atoms with E-state index in [0.717, 1.165) is 25.6 Å². The largest absolute Gasteiger partial charge is 0.417 e. The molecule has 1 atom stereocenters. The highest BCUT2D eigenvalue weighted by molar-refractivity contribution is 6.31. The first-order chi connectivity index (χ1) is 9.79. The van der Waals surface area contributed by atoms with Crippen LogP contribution in [0.5, 0.6) is 0 Å². The quantitative estimate of drug-likeness (QED) is 0.879. The number of halogens is 4. The Labute approximate surface area is 128 Å². The molecule has 0 radical (unpaired) electrons. The van der Waals surface area contributed by atoms with Crippen molar-refractivity contribution < 1.29 is 13.2 Å². The molecule has 0 bridgehead atoms. The summed E-state index contributed by atoms with van der Waals surface area (Å²) in [7, 11) is 0. The van der Waals surface area contributed by atoms with E-state index in [0.29, 0.717) is 18.2 Å². The van der Waals surface area contributed by atoms with Gasteiger partial charge in [0.1, 0.15) is 0 Å².